The number of hydrogen-bond donors (Lipinski definition) is 5. The minimum absolute atomic E-state index is 0.127. The van der Waals surface area contributed by atoms with Crippen molar-refractivity contribution < 1.29 is 30.3 Å². The Labute approximate surface area is 122 Å². The zero-order valence-corrected chi connectivity index (χ0v) is 11.5. The summed E-state index contributed by atoms with van der Waals surface area (Å²) in [4.78, 5) is 11.8. The maximum atomic E-state index is 11.8. The molecule has 1 aromatic rings. The van der Waals surface area contributed by atoms with Crippen LogP contribution in [0.25, 0.3) is 6.08 Å². The van der Waals surface area contributed by atoms with Gasteiger partial charge in [0.15, 0.2) is 5.78 Å². The zero-order chi connectivity index (χ0) is 16.0. The number of carbonyl (C=O) groups excluding carboxylic acids is 1. The second-order valence-electron chi connectivity index (χ2n) is 4.76. The van der Waals surface area contributed by atoms with Crippen molar-refractivity contribution in [1.82, 2.24) is 0 Å². The van der Waals surface area contributed by atoms with Crippen molar-refractivity contribution in [2.75, 3.05) is 6.61 Å². The van der Waals surface area contributed by atoms with Crippen molar-refractivity contribution in [3.05, 3.63) is 42.0 Å². The summed E-state index contributed by atoms with van der Waals surface area (Å²) >= 11 is 0. The largest absolute Gasteiger partial charge is 0.394 e. The van der Waals surface area contributed by atoms with E-state index in [4.69, 9.17) is 5.11 Å². The third-order valence-corrected chi connectivity index (χ3v) is 3.18. The highest BCUT2D eigenvalue weighted by atomic mass is 16.4. The van der Waals surface area contributed by atoms with Crippen LogP contribution in [-0.2, 0) is 11.2 Å². The fraction of sp³-hybridized carbons (Fsp3) is 0.400. The molecule has 1 rings (SSSR count). The molecule has 0 aliphatic heterocycles. The van der Waals surface area contributed by atoms with E-state index in [-0.39, 0.29) is 6.42 Å². The SMILES string of the molecule is C=Cc1ccc(CC(=O)[C@H](O)[C@@H](O)[C@H](O)[C@H](O)CO)cc1. The van der Waals surface area contributed by atoms with Gasteiger partial charge in [-0.05, 0) is 11.1 Å². The van der Waals surface area contributed by atoms with Crippen LogP contribution in [0.4, 0.5) is 0 Å². The summed E-state index contributed by atoms with van der Waals surface area (Å²) < 4.78 is 0. The Kier molecular flexibility index (Phi) is 6.67. The van der Waals surface area contributed by atoms with Gasteiger partial charge in [0.05, 0.1) is 6.61 Å². The fourth-order valence-electron chi connectivity index (χ4n) is 1.79. The summed E-state index contributed by atoms with van der Waals surface area (Å²) in [6, 6.07) is 6.88. The minimum Gasteiger partial charge on any atom is -0.394 e. The maximum absolute atomic E-state index is 11.8. The lowest BCUT2D eigenvalue weighted by atomic mass is 9.96. The van der Waals surface area contributed by atoms with Crippen LogP contribution in [0.15, 0.2) is 30.8 Å². The van der Waals surface area contributed by atoms with E-state index in [0.29, 0.717) is 5.56 Å². The second kappa shape index (κ2) is 8.02. The van der Waals surface area contributed by atoms with Crippen LogP contribution in [-0.4, -0.2) is 62.3 Å². The van der Waals surface area contributed by atoms with Crippen molar-refractivity contribution in [3.63, 3.8) is 0 Å². The smallest absolute Gasteiger partial charge is 0.168 e. The van der Waals surface area contributed by atoms with Gasteiger partial charge in [0.25, 0.3) is 0 Å². The highest BCUT2D eigenvalue weighted by Crippen LogP contribution is 2.11. The Balaban J connectivity index is 2.66. The summed E-state index contributed by atoms with van der Waals surface area (Å²) in [5.74, 6) is -0.696. The monoisotopic (exact) mass is 296 g/mol. The van der Waals surface area contributed by atoms with Crippen molar-refractivity contribution in [2.24, 2.45) is 0 Å². The molecule has 0 aliphatic rings. The van der Waals surface area contributed by atoms with E-state index in [1.807, 2.05) is 0 Å². The van der Waals surface area contributed by atoms with Crippen molar-refractivity contribution in [2.45, 2.75) is 30.8 Å². The number of benzene rings is 1. The molecule has 0 saturated heterocycles. The maximum Gasteiger partial charge on any atom is 0.168 e. The summed E-state index contributed by atoms with van der Waals surface area (Å²) in [7, 11) is 0. The number of Topliss-reactive ketones (excluding diaryl/α,β-unsaturated/α-hetero) is 1. The third kappa shape index (κ3) is 4.73. The number of carbonyl (C=O) groups is 1. The van der Waals surface area contributed by atoms with Crippen molar-refractivity contribution >= 4 is 11.9 Å². The Morgan fingerprint density at radius 2 is 1.67 bits per heavy atom. The Bertz CT molecular complexity index is 470. The predicted molar refractivity (Wildman–Crippen MR) is 76.4 cm³/mol. The van der Waals surface area contributed by atoms with Crippen LogP contribution in [0.1, 0.15) is 11.1 Å². The predicted octanol–water partition coefficient (Wildman–Crippen LogP) is -1.12. The van der Waals surface area contributed by atoms with Crippen molar-refractivity contribution in [3.8, 4) is 0 Å². The Hall–Kier alpha value is -1.57. The molecule has 0 spiro atoms. The highest BCUT2D eigenvalue weighted by Gasteiger charge is 2.33. The van der Waals surface area contributed by atoms with E-state index in [0.717, 1.165) is 5.56 Å². The van der Waals surface area contributed by atoms with Crippen LogP contribution in [0.2, 0.25) is 0 Å². The molecule has 0 aromatic heterocycles. The number of rotatable bonds is 8. The van der Waals surface area contributed by atoms with E-state index in [1.54, 1.807) is 30.3 Å². The molecule has 6 heteroatoms. The molecule has 0 bridgehead atoms. The Morgan fingerprint density at radius 3 is 2.14 bits per heavy atom. The van der Waals surface area contributed by atoms with Crippen LogP contribution < -0.4 is 0 Å². The molecule has 0 heterocycles. The van der Waals surface area contributed by atoms with Gasteiger partial charge in [-0.15, -0.1) is 0 Å². The standard InChI is InChI=1S/C15H20O6/c1-2-9-3-5-10(6-4-9)7-11(17)13(19)15(21)14(20)12(18)8-16/h2-6,12-16,18-21H,1,7-8H2/t12-,13+,14-,15-/m1/s1. The van der Waals surface area contributed by atoms with E-state index in [1.165, 1.54) is 0 Å². The molecule has 0 unspecified atom stereocenters. The molecule has 0 aliphatic carbocycles. The lowest BCUT2D eigenvalue weighted by molar-refractivity contribution is -0.146. The quantitative estimate of drug-likeness (QED) is 0.414. The summed E-state index contributed by atoms with van der Waals surface area (Å²) in [5, 5.41) is 46.6. The van der Waals surface area contributed by atoms with E-state index in [2.05, 4.69) is 6.58 Å². The molecule has 0 radical (unpaired) electrons. The van der Waals surface area contributed by atoms with Crippen LogP contribution in [0.3, 0.4) is 0 Å². The van der Waals surface area contributed by atoms with Gasteiger partial charge in [0.2, 0.25) is 0 Å². The van der Waals surface area contributed by atoms with Crippen molar-refractivity contribution in [1.29, 1.82) is 0 Å². The molecule has 5 N–H and O–H groups in total. The van der Waals surface area contributed by atoms with Crippen LogP contribution in [0.5, 0.6) is 0 Å². The summed E-state index contributed by atoms with van der Waals surface area (Å²) in [6.45, 7) is 2.82. The lowest BCUT2D eigenvalue weighted by Gasteiger charge is -2.24. The molecular weight excluding hydrogens is 276 g/mol. The first-order chi connectivity index (χ1) is 9.90. The number of hydrogen-bond acceptors (Lipinski definition) is 6. The third-order valence-electron chi connectivity index (χ3n) is 3.18. The molecule has 116 valence electrons. The number of ketones is 1. The van der Waals surface area contributed by atoms with Crippen LogP contribution >= 0.6 is 0 Å². The van der Waals surface area contributed by atoms with E-state index in [9.17, 15) is 25.2 Å². The first kappa shape index (κ1) is 17.5. The van der Waals surface area contributed by atoms with Gasteiger partial charge in [-0.2, -0.15) is 0 Å². The lowest BCUT2D eigenvalue weighted by Crippen LogP contribution is -2.49. The molecule has 21 heavy (non-hydrogen) atoms. The summed E-state index contributed by atoms with van der Waals surface area (Å²) in [5.41, 5.74) is 1.52. The normalized spacial score (nSPS) is 16.8. The summed E-state index contributed by atoms with van der Waals surface area (Å²) in [6.07, 6.45) is -5.63. The highest BCUT2D eigenvalue weighted by molar-refractivity contribution is 5.85. The van der Waals surface area contributed by atoms with E-state index < -0.39 is 36.8 Å². The number of aliphatic hydroxyl groups excluding tert-OH is 5. The molecule has 0 amide bonds. The minimum atomic E-state index is -1.87. The van der Waals surface area contributed by atoms with Gasteiger partial charge in [0.1, 0.15) is 24.4 Å². The second-order valence-corrected chi connectivity index (χ2v) is 4.76. The first-order valence-electron chi connectivity index (χ1n) is 6.48. The van der Waals surface area contributed by atoms with Gasteiger partial charge in [-0.3, -0.25) is 4.79 Å². The molecule has 4 atom stereocenters. The number of aliphatic hydroxyl groups is 5. The van der Waals surface area contributed by atoms with Gasteiger partial charge < -0.3 is 25.5 Å². The van der Waals surface area contributed by atoms with Crippen LogP contribution in [0, 0.1) is 0 Å². The Morgan fingerprint density at radius 1 is 1.10 bits per heavy atom. The fourth-order valence-corrected chi connectivity index (χ4v) is 1.79. The van der Waals surface area contributed by atoms with Gasteiger partial charge in [0, 0.05) is 6.42 Å². The molecule has 1 aromatic carbocycles. The average molecular weight is 296 g/mol. The van der Waals surface area contributed by atoms with Gasteiger partial charge >= 0.3 is 0 Å². The zero-order valence-electron chi connectivity index (χ0n) is 11.5. The van der Waals surface area contributed by atoms with E-state index >= 15 is 0 Å². The molecular formula is C15H20O6. The average Bonchev–Trinajstić information content (AvgIpc) is 2.52. The first-order valence-corrected chi connectivity index (χ1v) is 6.48. The molecule has 6 nitrogen and oxygen atoms in total. The van der Waals surface area contributed by atoms with Gasteiger partial charge in [-0.25, -0.2) is 0 Å². The van der Waals surface area contributed by atoms with Gasteiger partial charge in [-0.1, -0.05) is 36.9 Å². The molecule has 0 saturated carbocycles. The molecule has 0 fully saturated rings. The topological polar surface area (TPSA) is 118 Å².